The lowest BCUT2D eigenvalue weighted by molar-refractivity contribution is 0.114. The predicted molar refractivity (Wildman–Crippen MR) is 89.2 cm³/mol. The summed E-state index contributed by atoms with van der Waals surface area (Å²) in [6.45, 7) is 1.91. The maximum atomic E-state index is 12.9. The molecule has 0 radical (unpaired) electrons. The van der Waals surface area contributed by atoms with Gasteiger partial charge < -0.3 is 4.90 Å². The van der Waals surface area contributed by atoms with Crippen molar-refractivity contribution in [3.05, 3.63) is 5.01 Å². The van der Waals surface area contributed by atoms with Gasteiger partial charge in [0.15, 0.2) is 0 Å². The monoisotopic (exact) mass is 322 g/mol. The molecule has 0 unspecified atom stereocenters. The number of hydrogen-bond donors (Lipinski definition) is 1. The van der Waals surface area contributed by atoms with E-state index in [0.717, 1.165) is 30.7 Å². The van der Waals surface area contributed by atoms with E-state index in [1.165, 1.54) is 49.9 Å². The van der Waals surface area contributed by atoms with Gasteiger partial charge in [0.05, 0.1) is 0 Å². The molecule has 3 rings (SSSR count). The molecule has 0 saturated heterocycles. The predicted octanol–water partition coefficient (Wildman–Crippen LogP) is 4.35. The Kier molecular flexibility index (Phi) is 5.28. The fourth-order valence-corrected chi connectivity index (χ4v) is 4.43. The average Bonchev–Trinajstić information content (AvgIpc) is 2.95. The number of anilines is 1. The van der Waals surface area contributed by atoms with E-state index >= 15 is 0 Å². The number of aryl methyl sites for hydroxylation is 1. The number of rotatable bonds is 3. The van der Waals surface area contributed by atoms with E-state index in [4.69, 9.17) is 0 Å². The molecule has 0 atom stereocenters. The second-order valence-corrected chi connectivity index (χ2v) is 7.73. The Morgan fingerprint density at radius 1 is 1.00 bits per heavy atom. The second kappa shape index (κ2) is 7.40. The van der Waals surface area contributed by atoms with E-state index in [1.54, 1.807) is 0 Å². The van der Waals surface area contributed by atoms with E-state index in [2.05, 4.69) is 20.4 Å². The minimum absolute atomic E-state index is 0.0370. The Hall–Kier alpha value is -1.17. The zero-order chi connectivity index (χ0) is 15.4. The number of carbonyl (C=O) groups excluding carboxylic acids is 1. The molecule has 2 fully saturated rings. The SMILES string of the molecule is Cc1nnc(NC(=O)N(C2CCCCC2)C2CCCCC2)s1. The van der Waals surface area contributed by atoms with Crippen LogP contribution in [0.1, 0.15) is 69.2 Å². The Labute approximate surface area is 136 Å². The van der Waals surface area contributed by atoms with Crippen LogP contribution in [-0.2, 0) is 0 Å². The van der Waals surface area contributed by atoms with Gasteiger partial charge in [-0.3, -0.25) is 5.32 Å². The van der Waals surface area contributed by atoms with Crippen molar-refractivity contribution in [2.45, 2.75) is 83.2 Å². The lowest BCUT2D eigenvalue weighted by atomic mass is 9.89. The highest BCUT2D eigenvalue weighted by Crippen LogP contribution is 2.31. The first kappa shape index (κ1) is 15.7. The van der Waals surface area contributed by atoms with Crippen LogP contribution in [0, 0.1) is 6.92 Å². The summed E-state index contributed by atoms with van der Waals surface area (Å²) in [5.74, 6) is 0. The van der Waals surface area contributed by atoms with Gasteiger partial charge in [-0.2, -0.15) is 0 Å². The summed E-state index contributed by atoms with van der Waals surface area (Å²) in [6, 6.07) is 0.853. The first-order valence-corrected chi connectivity index (χ1v) is 9.45. The van der Waals surface area contributed by atoms with Crippen molar-refractivity contribution >= 4 is 22.5 Å². The van der Waals surface area contributed by atoms with Crippen molar-refractivity contribution in [1.29, 1.82) is 0 Å². The molecule has 0 aromatic carbocycles. The maximum absolute atomic E-state index is 12.9. The first-order valence-electron chi connectivity index (χ1n) is 8.63. The van der Waals surface area contributed by atoms with Crippen LogP contribution < -0.4 is 5.32 Å². The van der Waals surface area contributed by atoms with Crippen molar-refractivity contribution in [2.24, 2.45) is 0 Å². The quantitative estimate of drug-likeness (QED) is 0.900. The molecule has 1 N–H and O–H groups in total. The first-order chi connectivity index (χ1) is 10.7. The molecule has 0 spiro atoms. The number of urea groups is 1. The number of amides is 2. The van der Waals surface area contributed by atoms with E-state index in [0.29, 0.717) is 17.2 Å². The number of nitrogens with zero attached hydrogens (tertiary/aromatic N) is 3. The summed E-state index contributed by atoms with van der Waals surface area (Å²) in [4.78, 5) is 15.0. The maximum Gasteiger partial charge on any atom is 0.324 e. The molecule has 2 aliphatic carbocycles. The number of aromatic nitrogens is 2. The van der Waals surface area contributed by atoms with Gasteiger partial charge in [0.1, 0.15) is 5.01 Å². The largest absolute Gasteiger partial charge is 0.324 e. The molecule has 0 bridgehead atoms. The molecule has 22 heavy (non-hydrogen) atoms. The third kappa shape index (κ3) is 3.77. The molecule has 1 aromatic heterocycles. The zero-order valence-corrected chi connectivity index (χ0v) is 14.2. The van der Waals surface area contributed by atoms with Crippen LogP contribution in [0.15, 0.2) is 0 Å². The Morgan fingerprint density at radius 2 is 1.55 bits per heavy atom. The average molecular weight is 322 g/mol. The molecule has 5 nitrogen and oxygen atoms in total. The summed E-state index contributed by atoms with van der Waals surface area (Å²) in [5, 5.41) is 12.5. The third-order valence-corrected chi connectivity index (χ3v) is 5.66. The molecule has 2 saturated carbocycles. The summed E-state index contributed by atoms with van der Waals surface area (Å²) in [6.07, 6.45) is 12.2. The number of carbonyl (C=O) groups is 1. The fourth-order valence-electron chi connectivity index (χ4n) is 3.85. The normalized spacial score (nSPS) is 20.8. The molecular formula is C16H26N4OS. The van der Waals surface area contributed by atoms with Crippen molar-refractivity contribution in [1.82, 2.24) is 15.1 Å². The van der Waals surface area contributed by atoms with Gasteiger partial charge in [-0.1, -0.05) is 49.9 Å². The number of hydrogen-bond acceptors (Lipinski definition) is 4. The van der Waals surface area contributed by atoms with Gasteiger partial charge in [-0.05, 0) is 32.6 Å². The van der Waals surface area contributed by atoms with Crippen molar-refractivity contribution in [3.63, 3.8) is 0 Å². The Morgan fingerprint density at radius 3 is 2.00 bits per heavy atom. The molecule has 122 valence electrons. The van der Waals surface area contributed by atoms with E-state index in [-0.39, 0.29) is 6.03 Å². The summed E-state index contributed by atoms with van der Waals surface area (Å²) in [5.41, 5.74) is 0. The van der Waals surface area contributed by atoms with Gasteiger partial charge in [0.25, 0.3) is 0 Å². The summed E-state index contributed by atoms with van der Waals surface area (Å²) >= 11 is 1.45. The molecule has 1 heterocycles. The molecule has 0 aliphatic heterocycles. The topological polar surface area (TPSA) is 58.1 Å². The second-order valence-electron chi connectivity index (χ2n) is 6.55. The number of nitrogens with one attached hydrogen (secondary N) is 1. The highest BCUT2D eigenvalue weighted by molar-refractivity contribution is 7.15. The van der Waals surface area contributed by atoms with E-state index in [9.17, 15) is 4.79 Å². The molecule has 2 amide bonds. The van der Waals surface area contributed by atoms with Crippen LogP contribution in [0.4, 0.5) is 9.93 Å². The van der Waals surface area contributed by atoms with Gasteiger partial charge in [0.2, 0.25) is 5.13 Å². The fraction of sp³-hybridized carbons (Fsp3) is 0.812. The lowest BCUT2D eigenvalue weighted by Crippen LogP contribution is -2.50. The standard InChI is InChI=1S/C16H26N4OS/c1-12-18-19-15(22-12)17-16(21)20(13-8-4-2-5-9-13)14-10-6-3-7-11-14/h13-14H,2-11H2,1H3,(H,17,19,21). The van der Waals surface area contributed by atoms with Gasteiger partial charge in [-0.15, -0.1) is 10.2 Å². The zero-order valence-electron chi connectivity index (χ0n) is 13.4. The van der Waals surface area contributed by atoms with E-state index < -0.39 is 0 Å². The third-order valence-electron chi connectivity index (χ3n) is 4.91. The highest BCUT2D eigenvalue weighted by Gasteiger charge is 2.32. The molecule has 1 aromatic rings. The Balaban J connectivity index is 1.72. The van der Waals surface area contributed by atoms with Crippen molar-refractivity contribution < 1.29 is 4.79 Å². The van der Waals surface area contributed by atoms with Crippen molar-refractivity contribution in [2.75, 3.05) is 5.32 Å². The molecule has 6 heteroatoms. The molecular weight excluding hydrogens is 296 g/mol. The molecule has 2 aliphatic rings. The Bertz CT molecular complexity index is 474. The summed E-state index contributed by atoms with van der Waals surface area (Å²) in [7, 11) is 0. The van der Waals surface area contributed by atoms with Crippen molar-refractivity contribution in [3.8, 4) is 0 Å². The minimum Gasteiger partial charge on any atom is -0.319 e. The van der Waals surface area contributed by atoms with Crippen LogP contribution in [0.2, 0.25) is 0 Å². The smallest absolute Gasteiger partial charge is 0.319 e. The van der Waals surface area contributed by atoms with Crippen LogP contribution in [-0.4, -0.2) is 33.2 Å². The van der Waals surface area contributed by atoms with Crippen LogP contribution >= 0.6 is 11.3 Å². The summed E-state index contributed by atoms with van der Waals surface area (Å²) < 4.78 is 0. The van der Waals surface area contributed by atoms with E-state index in [1.807, 2.05) is 6.92 Å². The van der Waals surface area contributed by atoms with Gasteiger partial charge in [0, 0.05) is 12.1 Å². The minimum atomic E-state index is 0.0370. The van der Waals surface area contributed by atoms with Crippen LogP contribution in [0.5, 0.6) is 0 Å². The van der Waals surface area contributed by atoms with Crippen LogP contribution in [0.3, 0.4) is 0 Å². The lowest BCUT2D eigenvalue weighted by Gasteiger charge is -2.41. The van der Waals surface area contributed by atoms with Gasteiger partial charge >= 0.3 is 6.03 Å². The van der Waals surface area contributed by atoms with Gasteiger partial charge in [-0.25, -0.2) is 4.79 Å². The highest BCUT2D eigenvalue weighted by atomic mass is 32.1. The van der Waals surface area contributed by atoms with Crippen LogP contribution in [0.25, 0.3) is 0 Å².